The van der Waals surface area contributed by atoms with E-state index in [1.165, 1.54) is 12.4 Å². The summed E-state index contributed by atoms with van der Waals surface area (Å²) in [5.41, 5.74) is 3.01. The summed E-state index contributed by atoms with van der Waals surface area (Å²) in [5.74, 6) is 1.01. The number of fused-ring (bicyclic) bond motifs is 1. The number of aromatic nitrogens is 2. The van der Waals surface area contributed by atoms with Crippen molar-refractivity contribution in [3.63, 3.8) is 0 Å². The standard InChI is InChI=1S/C32H44FN5O2/c1-22-29(23(2)35-21-34-22)30(40)38-19-24-17-36(18-25(24)20-38)12-9-32(26-7-6-8-27(33)15-26)10-13-37(14-11-32)28(39)16-31(3,4)5/h6-8,15,21,24-25H,9-14,16-20H2,1-5H3/t24-,25+. The number of carbonyl (C=O) groups is 2. The van der Waals surface area contributed by atoms with Crippen LogP contribution in [0.3, 0.4) is 0 Å². The van der Waals surface area contributed by atoms with Gasteiger partial charge in [0.2, 0.25) is 5.91 Å². The molecule has 0 N–H and O–H groups in total. The molecule has 0 unspecified atom stereocenters. The lowest BCUT2D eigenvalue weighted by Crippen LogP contribution is -2.47. The minimum atomic E-state index is -0.196. The quantitative estimate of drug-likeness (QED) is 0.526. The average Bonchev–Trinajstić information content (AvgIpc) is 3.46. The van der Waals surface area contributed by atoms with Crippen LogP contribution in [0.1, 0.15) is 73.8 Å². The minimum Gasteiger partial charge on any atom is -0.343 e. The first kappa shape index (κ1) is 28.7. The molecule has 2 amide bonds. The number of piperidine rings is 1. The van der Waals surface area contributed by atoms with Gasteiger partial charge in [-0.05, 0) is 80.0 Å². The van der Waals surface area contributed by atoms with Crippen molar-refractivity contribution in [1.29, 1.82) is 0 Å². The largest absolute Gasteiger partial charge is 0.343 e. The van der Waals surface area contributed by atoms with E-state index in [1.807, 2.05) is 29.7 Å². The topological polar surface area (TPSA) is 69.6 Å². The third kappa shape index (κ3) is 6.07. The number of carbonyl (C=O) groups excluding carboxylic acids is 2. The van der Waals surface area contributed by atoms with Crippen LogP contribution in [-0.4, -0.2) is 82.3 Å². The number of rotatable bonds is 6. The molecule has 3 saturated heterocycles. The number of nitrogens with zero attached hydrogens (tertiary/aromatic N) is 5. The summed E-state index contributed by atoms with van der Waals surface area (Å²) in [4.78, 5) is 41.2. The van der Waals surface area contributed by atoms with Crippen LogP contribution < -0.4 is 0 Å². The molecule has 2 atom stereocenters. The highest BCUT2D eigenvalue weighted by Crippen LogP contribution is 2.41. The van der Waals surface area contributed by atoms with Gasteiger partial charge >= 0.3 is 0 Å². The van der Waals surface area contributed by atoms with Crippen molar-refractivity contribution in [1.82, 2.24) is 24.7 Å². The van der Waals surface area contributed by atoms with Gasteiger partial charge in [0.1, 0.15) is 12.1 Å². The van der Waals surface area contributed by atoms with Gasteiger partial charge in [-0.3, -0.25) is 9.59 Å². The van der Waals surface area contributed by atoms with Crippen LogP contribution >= 0.6 is 0 Å². The zero-order valence-electron chi connectivity index (χ0n) is 24.8. The highest BCUT2D eigenvalue weighted by Gasteiger charge is 2.44. The molecule has 216 valence electrons. The normalized spacial score (nSPS) is 22.9. The first-order valence-corrected chi connectivity index (χ1v) is 14.8. The molecule has 40 heavy (non-hydrogen) atoms. The predicted molar refractivity (Wildman–Crippen MR) is 153 cm³/mol. The molecule has 3 fully saturated rings. The fourth-order valence-corrected chi connectivity index (χ4v) is 7.12. The summed E-state index contributed by atoms with van der Waals surface area (Å²) < 4.78 is 14.3. The Morgan fingerprint density at radius 3 is 2.17 bits per heavy atom. The van der Waals surface area contributed by atoms with E-state index in [4.69, 9.17) is 0 Å². The summed E-state index contributed by atoms with van der Waals surface area (Å²) in [6.07, 6.45) is 4.72. The number of likely N-dealkylation sites (tertiary alicyclic amines) is 3. The maximum absolute atomic E-state index is 14.3. The lowest BCUT2D eigenvalue weighted by Gasteiger charge is -2.43. The third-order valence-corrected chi connectivity index (χ3v) is 9.39. The molecule has 0 saturated carbocycles. The molecular weight excluding hydrogens is 505 g/mol. The van der Waals surface area contributed by atoms with Crippen LogP contribution in [0.5, 0.6) is 0 Å². The second-order valence-electron chi connectivity index (χ2n) is 13.6. The van der Waals surface area contributed by atoms with Crippen molar-refractivity contribution in [2.45, 2.75) is 65.7 Å². The van der Waals surface area contributed by atoms with Crippen LogP contribution in [0.15, 0.2) is 30.6 Å². The summed E-state index contributed by atoms with van der Waals surface area (Å²) >= 11 is 0. The second kappa shape index (κ2) is 11.2. The van der Waals surface area contributed by atoms with Gasteiger partial charge in [0, 0.05) is 45.7 Å². The Kier molecular flexibility index (Phi) is 8.01. The molecule has 4 heterocycles. The molecule has 3 aliphatic heterocycles. The van der Waals surface area contributed by atoms with Gasteiger partial charge in [-0.25, -0.2) is 14.4 Å². The molecule has 3 aliphatic rings. The summed E-state index contributed by atoms with van der Waals surface area (Å²) in [5, 5.41) is 0. The maximum atomic E-state index is 14.3. The van der Waals surface area contributed by atoms with Gasteiger partial charge in [-0.1, -0.05) is 32.9 Å². The molecular formula is C32H44FN5O2. The number of amides is 2. The Morgan fingerprint density at radius 2 is 1.60 bits per heavy atom. The van der Waals surface area contributed by atoms with Crippen LogP contribution in [0.25, 0.3) is 0 Å². The van der Waals surface area contributed by atoms with Crippen molar-refractivity contribution in [3.05, 3.63) is 58.9 Å². The number of halogens is 1. The van der Waals surface area contributed by atoms with Gasteiger partial charge in [-0.2, -0.15) is 0 Å². The van der Waals surface area contributed by atoms with E-state index in [0.29, 0.717) is 23.8 Å². The van der Waals surface area contributed by atoms with Gasteiger partial charge in [0.15, 0.2) is 0 Å². The van der Waals surface area contributed by atoms with E-state index in [9.17, 15) is 14.0 Å². The fourth-order valence-electron chi connectivity index (χ4n) is 7.12. The van der Waals surface area contributed by atoms with Gasteiger partial charge in [0.25, 0.3) is 5.91 Å². The van der Waals surface area contributed by atoms with E-state index in [2.05, 4.69) is 41.7 Å². The lowest BCUT2D eigenvalue weighted by atomic mass is 9.70. The number of hydrogen-bond donors (Lipinski definition) is 0. The molecule has 8 heteroatoms. The van der Waals surface area contributed by atoms with Gasteiger partial charge < -0.3 is 14.7 Å². The molecule has 5 rings (SSSR count). The molecule has 0 spiro atoms. The Morgan fingerprint density at radius 1 is 0.975 bits per heavy atom. The molecule has 7 nitrogen and oxygen atoms in total. The Hall–Kier alpha value is -2.87. The van der Waals surface area contributed by atoms with Crippen LogP contribution in [0, 0.1) is 36.9 Å². The number of aryl methyl sites for hydroxylation is 2. The average molecular weight is 550 g/mol. The van der Waals surface area contributed by atoms with E-state index in [1.54, 1.807) is 6.07 Å². The molecule has 0 bridgehead atoms. The van der Waals surface area contributed by atoms with Crippen molar-refractivity contribution >= 4 is 11.8 Å². The van der Waals surface area contributed by atoms with Crippen molar-refractivity contribution in [3.8, 4) is 0 Å². The van der Waals surface area contributed by atoms with Crippen LogP contribution in [0.2, 0.25) is 0 Å². The smallest absolute Gasteiger partial charge is 0.257 e. The Balaban J connectivity index is 1.21. The number of benzene rings is 1. The minimum absolute atomic E-state index is 0.0330. The second-order valence-corrected chi connectivity index (χ2v) is 13.6. The first-order valence-electron chi connectivity index (χ1n) is 14.8. The molecule has 2 aromatic rings. The Bertz CT molecular complexity index is 1220. The Labute approximate surface area is 238 Å². The SMILES string of the molecule is Cc1ncnc(C)c1C(=O)N1C[C@H]2CN(CCC3(c4cccc(F)c4)CCN(C(=O)CC(C)(C)C)CC3)C[C@H]2C1. The van der Waals surface area contributed by atoms with Crippen molar-refractivity contribution in [2.75, 3.05) is 45.8 Å². The molecule has 0 radical (unpaired) electrons. The summed E-state index contributed by atoms with van der Waals surface area (Å²) in [6.45, 7) is 15.9. The predicted octanol–water partition coefficient (Wildman–Crippen LogP) is 4.62. The third-order valence-electron chi connectivity index (χ3n) is 9.39. The zero-order chi connectivity index (χ0) is 28.7. The zero-order valence-corrected chi connectivity index (χ0v) is 24.8. The van der Waals surface area contributed by atoms with E-state index in [0.717, 1.165) is 82.0 Å². The van der Waals surface area contributed by atoms with Crippen LogP contribution in [-0.2, 0) is 10.2 Å². The monoisotopic (exact) mass is 549 g/mol. The lowest BCUT2D eigenvalue weighted by molar-refractivity contribution is -0.134. The molecule has 0 aliphatic carbocycles. The molecule has 1 aromatic carbocycles. The van der Waals surface area contributed by atoms with E-state index in [-0.39, 0.29) is 28.5 Å². The highest BCUT2D eigenvalue weighted by atomic mass is 19.1. The van der Waals surface area contributed by atoms with Crippen molar-refractivity contribution < 1.29 is 14.0 Å². The summed E-state index contributed by atoms with van der Waals surface area (Å²) in [6, 6.07) is 7.09. The first-order chi connectivity index (χ1) is 18.9. The van der Waals surface area contributed by atoms with Gasteiger partial charge in [-0.15, -0.1) is 0 Å². The van der Waals surface area contributed by atoms with E-state index < -0.39 is 0 Å². The van der Waals surface area contributed by atoms with E-state index >= 15 is 0 Å². The number of hydrogen-bond acceptors (Lipinski definition) is 5. The van der Waals surface area contributed by atoms with Gasteiger partial charge in [0.05, 0.1) is 17.0 Å². The summed E-state index contributed by atoms with van der Waals surface area (Å²) in [7, 11) is 0. The maximum Gasteiger partial charge on any atom is 0.257 e. The molecule has 1 aromatic heterocycles. The van der Waals surface area contributed by atoms with Crippen LogP contribution in [0.4, 0.5) is 4.39 Å². The van der Waals surface area contributed by atoms with Crippen molar-refractivity contribution in [2.24, 2.45) is 17.3 Å². The fraction of sp³-hybridized carbons (Fsp3) is 0.625. The highest BCUT2D eigenvalue weighted by molar-refractivity contribution is 5.96.